The summed E-state index contributed by atoms with van der Waals surface area (Å²) in [7, 11) is 0. The fourth-order valence-electron chi connectivity index (χ4n) is 2.27. The van der Waals surface area contributed by atoms with Gasteiger partial charge in [0.1, 0.15) is 5.03 Å². The van der Waals surface area contributed by atoms with Gasteiger partial charge in [0, 0.05) is 29.8 Å². The van der Waals surface area contributed by atoms with E-state index in [-0.39, 0.29) is 11.6 Å². The van der Waals surface area contributed by atoms with Crippen LogP contribution in [0.4, 0.5) is 11.4 Å². The van der Waals surface area contributed by atoms with Gasteiger partial charge in [-0.15, -0.1) is 11.8 Å². The number of nitrogens with one attached hydrogen (secondary N) is 1. The number of carbonyl (C=O) groups is 1. The molecule has 0 unspecified atom stereocenters. The lowest BCUT2D eigenvalue weighted by Crippen LogP contribution is -2.13. The Morgan fingerprint density at radius 1 is 1.04 bits per heavy atom. The SMILES string of the molecule is O=C(Nc1ccc([N+](=O)[O-])cc1)c1cccnc1SCc1ccccc1. The molecule has 7 heteroatoms. The van der Waals surface area contributed by atoms with Crippen molar-refractivity contribution in [2.24, 2.45) is 0 Å². The van der Waals surface area contributed by atoms with E-state index in [0.29, 0.717) is 22.0 Å². The fraction of sp³-hybridized carbons (Fsp3) is 0.0526. The van der Waals surface area contributed by atoms with Gasteiger partial charge in [-0.2, -0.15) is 0 Å². The largest absolute Gasteiger partial charge is 0.322 e. The molecular weight excluding hydrogens is 350 g/mol. The predicted octanol–water partition coefficient (Wildman–Crippen LogP) is 4.53. The normalized spacial score (nSPS) is 10.3. The summed E-state index contributed by atoms with van der Waals surface area (Å²) in [6.07, 6.45) is 1.65. The minimum absolute atomic E-state index is 0.0246. The number of anilines is 1. The Balaban J connectivity index is 1.72. The highest BCUT2D eigenvalue weighted by molar-refractivity contribution is 7.98. The van der Waals surface area contributed by atoms with Crippen molar-refractivity contribution in [1.29, 1.82) is 0 Å². The minimum Gasteiger partial charge on any atom is -0.322 e. The van der Waals surface area contributed by atoms with Gasteiger partial charge in [0.15, 0.2) is 0 Å². The van der Waals surface area contributed by atoms with E-state index in [4.69, 9.17) is 0 Å². The smallest absolute Gasteiger partial charge is 0.269 e. The number of carbonyl (C=O) groups excluding carboxylic acids is 1. The van der Waals surface area contributed by atoms with Crippen LogP contribution >= 0.6 is 11.8 Å². The van der Waals surface area contributed by atoms with Crippen molar-refractivity contribution in [2.75, 3.05) is 5.32 Å². The maximum atomic E-state index is 12.6. The number of benzene rings is 2. The molecule has 3 rings (SSSR count). The molecule has 0 bridgehead atoms. The van der Waals surface area contributed by atoms with Crippen LogP contribution in [0, 0.1) is 10.1 Å². The van der Waals surface area contributed by atoms with E-state index in [1.54, 1.807) is 18.3 Å². The van der Waals surface area contributed by atoms with Crippen molar-refractivity contribution in [3.8, 4) is 0 Å². The molecule has 0 aliphatic rings. The lowest BCUT2D eigenvalue weighted by molar-refractivity contribution is -0.384. The molecule has 26 heavy (non-hydrogen) atoms. The average molecular weight is 365 g/mol. The maximum absolute atomic E-state index is 12.6. The molecule has 0 saturated heterocycles. The molecule has 2 aromatic carbocycles. The van der Waals surface area contributed by atoms with Gasteiger partial charge in [0.05, 0.1) is 10.5 Å². The number of rotatable bonds is 6. The summed E-state index contributed by atoms with van der Waals surface area (Å²) in [5.74, 6) is 0.401. The standard InChI is InChI=1S/C19H15N3O3S/c23-18(21-15-8-10-16(11-9-15)22(24)25)17-7-4-12-20-19(17)26-13-14-5-2-1-3-6-14/h1-12H,13H2,(H,21,23). The third-order valence-corrected chi connectivity index (χ3v) is 4.65. The van der Waals surface area contributed by atoms with Crippen molar-refractivity contribution >= 4 is 29.0 Å². The molecule has 0 aliphatic heterocycles. The molecule has 0 atom stereocenters. The number of non-ortho nitro benzene ring substituents is 1. The van der Waals surface area contributed by atoms with Crippen LogP contribution in [0.15, 0.2) is 78.0 Å². The van der Waals surface area contributed by atoms with Gasteiger partial charge < -0.3 is 5.32 Å². The number of nitro benzene ring substituents is 1. The van der Waals surface area contributed by atoms with Gasteiger partial charge in [0.2, 0.25) is 0 Å². The molecule has 6 nitrogen and oxygen atoms in total. The first kappa shape index (κ1) is 17.6. The quantitative estimate of drug-likeness (QED) is 0.394. The van der Waals surface area contributed by atoms with E-state index in [0.717, 1.165) is 5.56 Å². The number of hydrogen-bond donors (Lipinski definition) is 1. The molecular formula is C19H15N3O3S. The molecule has 1 aromatic heterocycles. The zero-order valence-corrected chi connectivity index (χ0v) is 14.5. The molecule has 0 spiro atoms. The van der Waals surface area contributed by atoms with Crippen molar-refractivity contribution in [2.45, 2.75) is 10.8 Å². The van der Waals surface area contributed by atoms with Crippen molar-refractivity contribution < 1.29 is 9.72 Å². The Kier molecular flexibility index (Phi) is 5.60. The van der Waals surface area contributed by atoms with Gasteiger partial charge >= 0.3 is 0 Å². The van der Waals surface area contributed by atoms with E-state index in [9.17, 15) is 14.9 Å². The molecule has 0 saturated carbocycles. The summed E-state index contributed by atoms with van der Waals surface area (Å²) in [6, 6.07) is 19.1. The van der Waals surface area contributed by atoms with Crippen molar-refractivity contribution in [3.63, 3.8) is 0 Å². The number of nitro groups is 1. The fourth-order valence-corrected chi connectivity index (χ4v) is 3.22. The summed E-state index contributed by atoms with van der Waals surface area (Å²) in [6.45, 7) is 0. The van der Waals surface area contributed by atoms with Crippen LogP contribution in [0.2, 0.25) is 0 Å². The van der Waals surface area contributed by atoms with Crippen LogP contribution in [0.25, 0.3) is 0 Å². The van der Waals surface area contributed by atoms with E-state index in [1.165, 1.54) is 36.0 Å². The highest BCUT2D eigenvalue weighted by Crippen LogP contribution is 2.25. The molecule has 1 heterocycles. The topological polar surface area (TPSA) is 85.1 Å². The van der Waals surface area contributed by atoms with Crippen LogP contribution in [0.5, 0.6) is 0 Å². The summed E-state index contributed by atoms with van der Waals surface area (Å²) in [5, 5.41) is 14.1. The number of pyridine rings is 1. The Bertz CT molecular complexity index is 915. The van der Waals surface area contributed by atoms with Gasteiger partial charge in [-0.3, -0.25) is 14.9 Å². The summed E-state index contributed by atoms with van der Waals surface area (Å²) < 4.78 is 0. The average Bonchev–Trinajstić information content (AvgIpc) is 2.68. The molecule has 0 aliphatic carbocycles. The monoisotopic (exact) mass is 365 g/mol. The first-order valence-electron chi connectivity index (χ1n) is 7.81. The van der Waals surface area contributed by atoms with E-state index in [1.807, 2.05) is 30.3 Å². The number of amides is 1. The highest BCUT2D eigenvalue weighted by Gasteiger charge is 2.14. The second-order valence-electron chi connectivity index (χ2n) is 5.39. The van der Waals surface area contributed by atoms with E-state index < -0.39 is 4.92 Å². The summed E-state index contributed by atoms with van der Waals surface area (Å²) >= 11 is 1.48. The second kappa shape index (κ2) is 8.26. The molecule has 1 N–H and O–H groups in total. The highest BCUT2D eigenvalue weighted by atomic mass is 32.2. The van der Waals surface area contributed by atoms with Crippen LogP contribution < -0.4 is 5.32 Å². The predicted molar refractivity (Wildman–Crippen MR) is 101 cm³/mol. The lowest BCUT2D eigenvalue weighted by atomic mass is 10.2. The van der Waals surface area contributed by atoms with Crippen LogP contribution in [0.1, 0.15) is 15.9 Å². The van der Waals surface area contributed by atoms with Crippen LogP contribution in [-0.4, -0.2) is 15.8 Å². The van der Waals surface area contributed by atoms with Gasteiger partial charge in [-0.05, 0) is 29.8 Å². The lowest BCUT2D eigenvalue weighted by Gasteiger charge is -2.09. The Hall–Kier alpha value is -3.19. The first-order chi connectivity index (χ1) is 12.6. The van der Waals surface area contributed by atoms with Crippen LogP contribution in [-0.2, 0) is 5.75 Å². The van der Waals surface area contributed by atoms with Crippen molar-refractivity contribution in [3.05, 3.63) is 94.2 Å². The number of hydrogen-bond acceptors (Lipinski definition) is 5. The van der Waals surface area contributed by atoms with Crippen molar-refractivity contribution in [1.82, 2.24) is 4.98 Å². The molecule has 130 valence electrons. The maximum Gasteiger partial charge on any atom is 0.269 e. The Morgan fingerprint density at radius 2 is 1.77 bits per heavy atom. The Morgan fingerprint density at radius 3 is 2.46 bits per heavy atom. The zero-order valence-electron chi connectivity index (χ0n) is 13.7. The van der Waals surface area contributed by atoms with Crippen LogP contribution in [0.3, 0.4) is 0 Å². The van der Waals surface area contributed by atoms with Gasteiger partial charge in [-0.25, -0.2) is 4.98 Å². The zero-order chi connectivity index (χ0) is 18.4. The molecule has 0 radical (unpaired) electrons. The Labute approximate surface area is 154 Å². The third kappa shape index (κ3) is 4.46. The summed E-state index contributed by atoms with van der Waals surface area (Å²) in [4.78, 5) is 27.1. The van der Waals surface area contributed by atoms with Gasteiger partial charge in [-0.1, -0.05) is 30.3 Å². The second-order valence-corrected chi connectivity index (χ2v) is 6.35. The first-order valence-corrected chi connectivity index (χ1v) is 8.79. The third-order valence-electron chi connectivity index (χ3n) is 3.57. The minimum atomic E-state index is -0.481. The number of thioether (sulfide) groups is 1. The number of aromatic nitrogens is 1. The molecule has 0 fully saturated rings. The number of nitrogens with zero attached hydrogens (tertiary/aromatic N) is 2. The van der Waals surface area contributed by atoms with E-state index in [2.05, 4.69) is 10.3 Å². The molecule has 1 amide bonds. The van der Waals surface area contributed by atoms with Gasteiger partial charge in [0.25, 0.3) is 11.6 Å². The molecule has 3 aromatic rings. The van der Waals surface area contributed by atoms with E-state index >= 15 is 0 Å². The summed E-state index contributed by atoms with van der Waals surface area (Å²) in [5.41, 5.74) is 2.07.